The Labute approximate surface area is 185 Å². The van der Waals surface area contributed by atoms with Gasteiger partial charge in [0, 0.05) is 20.0 Å². The second kappa shape index (κ2) is 8.71. The Morgan fingerprint density at radius 2 is 1.58 bits per heavy atom. The molecule has 4 saturated carbocycles. The van der Waals surface area contributed by atoms with Gasteiger partial charge in [-0.2, -0.15) is 0 Å². The maximum atomic E-state index is 12.7. The Morgan fingerprint density at radius 3 is 2.13 bits per heavy atom. The molecule has 4 aliphatic carbocycles. The van der Waals surface area contributed by atoms with Crippen molar-refractivity contribution in [2.75, 3.05) is 27.8 Å². The monoisotopic (exact) mass is 428 g/mol. The number of nitrogens with one attached hydrogen (secondary N) is 1. The zero-order valence-electron chi connectivity index (χ0n) is 19.3. The van der Waals surface area contributed by atoms with Crippen molar-refractivity contribution in [1.29, 1.82) is 0 Å². The summed E-state index contributed by atoms with van der Waals surface area (Å²) >= 11 is 0. The van der Waals surface area contributed by atoms with Gasteiger partial charge in [-0.05, 0) is 91.9 Å². The van der Waals surface area contributed by atoms with E-state index in [4.69, 9.17) is 9.47 Å². The minimum Gasteiger partial charge on any atom is -0.493 e. The first kappa shape index (κ1) is 22.0. The van der Waals surface area contributed by atoms with Gasteiger partial charge in [0.2, 0.25) is 11.8 Å². The smallest absolute Gasteiger partial charge is 0.242 e. The van der Waals surface area contributed by atoms with E-state index in [1.54, 1.807) is 26.2 Å². The van der Waals surface area contributed by atoms with Crippen molar-refractivity contribution in [3.63, 3.8) is 0 Å². The number of methoxy groups -OCH3 is 2. The van der Waals surface area contributed by atoms with Crippen LogP contribution in [0.5, 0.6) is 11.5 Å². The summed E-state index contributed by atoms with van der Waals surface area (Å²) in [6, 6.07) is 3.82. The summed E-state index contributed by atoms with van der Waals surface area (Å²) in [6.45, 7) is 2.49. The van der Waals surface area contributed by atoms with Crippen molar-refractivity contribution in [2.24, 2.45) is 23.2 Å². The highest BCUT2D eigenvalue weighted by atomic mass is 16.5. The lowest BCUT2D eigenvalue weighted by Crippen LogP contribution is -2.48. The maximum Gasteiger partial charge on any atom is 0.242 e. The van der Waals surface area contributed by atoms with Crippen LogP contribution in [-0.4, -0.2) is 44.5 Å². The summed E-state index contributed by atoms with van der Waals surface area (Å²) in [5, 5.41) is 2.90. The first-order valence-electron chi connectivity index (χ1n) is 11.5. The fraction of sp³-hybridized carbons (Fsp3) is 0.680. The number of benzene rings is 1. The van der Waals surface area contributed by atoms with Crippen LogP contribution >= 0.6 is 0 Å². The molecule has 4 bridgehead atoms. The molecule has 0 spiro atoms. The SMILES string of the molecule is COc1cc(C)c(CN(C)C(=O)CNC(=O)CC23CC4CC(CC(C4)C2)C3)cc1OC. The molecule has 0 aromatic heterocycles. The van der Waals surface area contributed by atoms with Gasteiger partial charge in [-0.1, -0.05) is 0 Å². The first-order chi connectivity index (χ1) is 14.8. The number of nitrogens with zero attached hydrogens (tertiary/aromatic N) is 1. The zero-order valence-corrected chi connectivity index (χ0v) is 19.3. The van der Waals surface area contributed by atoms with E-state index in [1.165, 1.54) is 38.5 Å². The van der Waals surface area contributed by atoms with Crippen LogP contribution in [0, 0.1) is 30.1 Å². The van der Waals surface area contributed by atoms with Crippen LogP contribution in [0.3, 0.4) is 0 Å². The summed E-state index contributed by atoms with van der Waals surface area (Å²) in [5.74, 6) is 3.76. The molecule has 0 heterocycles. The third-order valence-corrected chi connectivity index (χ3v) is 7.81. The molecule has 31 heavy (non-hydrogen) atoms. The van der Waals surface area contributed by atoms with Gasteiger partial charge in [0.1, 0.15) is 0 Å². The van der Waals surface area contributed by atoms with Crippen molar-refractivity contribution in [3.05, 3.63) is 23.3 Å². The fourth-order valence-corrected chi connectivity index (χ4v) is 6.76. The van der Waals surface area contributed by atoms with E-state index >= 15 is 0 Å². The molecule has 0 radical (unpaired) electrons. The molecular weight excluding hydrogens is 392 g/mol. The second-order valence-corrected chi connectivity index (χ2v) is 10.3. The van der Waals surface area contributed by atoms with Gasteiger partial charge in [-0.3, -0.25) is 9.59 Å². The number of likely N-dealkylation sites (N-methyl/N-ethyl adjacent to an activating group) is 1. The van der Waals surface area contributed by atoms with Gasteiger partial charge >= 0.3 is 0 Å². The van der Waals surface area contributed by atoms with Crippen molar-refractivity contribution in [3.8, 4) is 11.5 Å². The minimum atomic E-state index is -0.0898. The molecule has 1 aromatic rings. The summed E-state index contributed by atoms with van der Waals surface area (Å²) < 4.78 is 10.7. The van der Waals surface area contributed by atoms with Crippen LogP contribution in [0.2, 0.25) is 0 Å². The lowest BCUT2D eigenvalue weighted by molar-refractivity contribution is -0.135. The van der Waals surface area contributed by atoms with Crippen LogP contribution < -0.4 is 14.8 Å². The highest BCUT2D eigenvalue weighted by Gasteiger charge is 2.51. The molecule has 4 fully saturated rings. The molecule has 0 atom stereocenters. The van der Waals surface area contributed by atoms with Gasteiger partial charge in [0.25, 0.3) is 0 Å². The standard InChI is InChI=1S/C25H36N2O4/c1-16-5-21(30-3)22(31-4)9-20(16)15-27(2)24(29)14-26-23(28)13-25-10-17-6-18(11-25)8-19(7-17)12-25/h5,9,17-19H,6-8,10-15H2,1-4H3,(H,26,28). The Balaban J connectivity index is 1.29. The van der Waals surface area contributed by atoms with Crippen LogP contribution in [0.15, 0.2) is 12.1 Å². The van der Waals surface area contributed by atoms with Gasteiger partial charge in [-0.15, -0.1) is 0 Å². The average molecular weight is 429 g/mol. The lowest BCUT2D eigenvalue weighted by Gasteiger charge is -2.56. The quantitative estimate of drug-likeness (QED) is 0.686. The number of aryl methyl sites for hydroxylation is 1. The molecule has 0 aliphatic heterocycles. The van der Waals surface area contributed by atoms with Crippen molar-refractivity contribution < 1.29 is 19.1 Å². The number of carbonyl (C=O) groups excluding carboxylic acids is 2. The fourth-order valence-electron chi connectivity index (χ4n) is 6.76. The van der Waals surface area contributed by atoms with Gasteiger partial charge in [0.15, 0.2) is 11.5 Å². The molecule has 1 aromatic carbocycles. The number of hydrogen-bond donors (Lipinski definition) is 1. The van der Waals surface area contributed by atoms with E-state index in [-0.39, 0.29) is 23.8 Å². The lowest BCUT2D eigenvalue weighted by atomic mass is 9.49. The van der Waals surface area contributed by atoms with Crippen LogP contribution in [-0.2, 0) is 16.1 Å². The molecule has 0 saturated heterocycles. The Morgan fingerprint density at radius 1 is 1.03 bits per heavy atom. The van der Waals surface area contributed by atoms with E-state index in [1.807, 2.05) is 19.1 Å². The number of hydrogen-bond acceptors (Lipinski definition) is 4. The predicted octanol–water partition coefficient (Wildman–Crippen LogP) is 3.69. The van der Waals surface area contributed by atoms with Crippen molar-refractivity contribution in [2.45, 2.75) is 58.4 Å². The van der Waals surface area contributed by atoms with Crippen molar-refractivity contribution in [1.82, 2.24) is 10.2 Å². The van der Waals surface area contributed by atoms with Crippen LogP contribution in [0.4, 0.5) is 0 Å². The molecule has 2 amide bonds. The average Bonchev–Trinajstić information content (AvgIpc) is 2.71. The third-order valence-electron chi connectivity index (χ3n) is 7.81. The number of ether oxygens (including phenoxy) is 2. The Bertz CT molecular complexity index is 815. The van der Waals surface area contributed by atoms with E-state index in [9.17, 15) is 9.59 Å². The molecular formula is C25H36N2O4. The molecule has 1 N–H and O–H groups in total. The number of carbonyl (C=O) groups is 2. The van der Waals surface area contributed by atoms with Crippen LogP contribution in [0.25, 0.3) is 0 Å². The van der Waals surface area contributed by atoms with E-state index in [0.717, 1.165) is 28.9 Å². The van der Waals surface area contributed by atoms with Gasteiger partial charge < -0.3 is 19.7 Å². The van der Waals surface area contributed by atoms with Crippen LogP contribution in [0.1, 0.15) is 56.1 Å². The summed E-state index contributed by atoms with van der Waals surface area (Å²) in [7, 11) is 4.98. The van der Waals surface area contributed by atoms with Gasteiger partial charge in [-0.25, -0.2) is 0 Å². The highest BCUT2D eigenvalue weighted by Crippen LogP contribution is 2.61. The number of amides is 2. The third kappa shape index (κ3) is 4.68. The summed E-state index contributed by atoms with van der Waals surface area (Å²) in [4.78, 5) is 27.0. The summed E-state index contributed by atoms with van der Waals surface area (Å²) in [6.07, 6.45) is 8.33. The van der Waals surface area contributed by atoms with E-state index < -0.39 is 0 Å². The molecule has 6 nitrogen and oxygen atoms in total. The molecule has 170 valence electrons. The Kier molecular flexibility index (Phi) is 6.18. The van der Waals surface area contributed by atoms with E-state index in [0.29, 0.717) is 24.5 Å². The minimum absolute atomic E-state index is 0.0333. The first-order valence-corrected chi connectivity index (χ1v) is 11.5. The highest BCUT2D eigenvalue weighted by molar-refractivity contribution is 5.85. The maximum absolute atomic E-state index is 12.7. The molecule has 0 unspecified atom stereocenters. The number of rotatable bonds is 8. The van der Waals surface area contributed by atoms with Gasteiger partial charge in [0.05, 0.1) is 20.8 Å². The van der Waals surface area contributed by atoms with E-state index in [2.05, 4.69) is 5.32 Å². The molecule has 4 aliphatic rings. The zero-order chi connectivity index (χ0) is 22.2. The normalized spacial score (nSPS) is 28.3. The largest absolute Gasteiger partial charge is 0.493 e. The predicted molar refractivity (Wildman–Crippen MR) is 119 cm³/mol. The summed E-state index contributed by atoms with van der Waals surface area (Å²) in [5.41, 5.74) is 2.22. The second-order valence-electron chi connectivity index (χ2n) is 10.3. The Hall–Kier alpha value is -2.24. The van der Waals surface area contributed by atoms with Crippen molar-refractivity contribution >= 4 is 11.8 Å². The molecule has 5 rings (SSSR count). The topological polar surface area (TPSA) is 67.9 Å². The molecule has 6 heteroatoms.